The van der Waals surface area contributed by atoms with Crippen LogP contribution in [-0.4, -0.2) is 14.5 Å². The van der Waals surface area contributed by atoms with E-state index in [1.165, 1.54) is 27.8 Å². The number of fused-ring (bicyclic) bond motifs is 1. The van der Waals surface area contributed by atoms with Crippen molar-refractivity contribution in [1.82, 2.24) is 14.5 Å². The van der Waals surface area contributed by atoms with E-state index in [4.69, 9.17) is 16.6 Å². The van der Waals surface area contributed by atoms with Gasteiger partial charge in [-0.2, -0.15) is 0 Å². The van der Waals surface area contributed by atoms with Crippen molar-refractivity contribution >= 4 is 22.6 Å². The van der Waals surface area contributed by atoms with Crippen molar-refractivity contribution in [1.29, 1.82) is 0 Å². The topological polar surface area (TPSA) is 30.7 Å². The standard InChI is InChI=1S/C23H22ClN3/c1-16-13-21-22(14-17(16)2)27(15-19-3-6-20(24)7-4-19)23(26-21)8-5-18-9-11-25-12-10-18/h3-4,6-7,9-14H,5,8,15H2,1-2H3. The van der Waals surface area contributed by atoms with E-state index in [0.717, 1.165) is 35.8 Å². The fourth-order valence-corrected chi connectivity index (χ4v) is 3.50. The Morgan fingerprint density at radius 2 is 1.56 bits per heavy atom. The molecule has 0 radical (unpaired) electrons. The molecule has 0 saturated heterocycles. The van der Waals surface area contributed by atoms with Gasteiger partial charge in [-0.25, -0.2) is 4.98 Å². The van der Waals surface area contributed by atoms with E-state index >= 15 is 0 Å². The normalized spacial score (nSPS) is 11.2. The number of aromatic nitrogens is 3. The smallest absolute Gasteiger partial charge is 0.110 e. The summed E-state index contributed by atoms with van der Waals surface area (Å²) in [5.74, 6) is 1.11. The number of benzene rings is 2. The van der Waals surface area contributed by atoms with E-state index in [2.05, 4.69) is 59.8 Å². The lowest BCUT2D eigenvalue weighted by atomic mass is 10.1. The molecule has 3 nitrogen and oxygen atoms in total. The van der Waals surface area contributed by atoms with Gasteiger partial charge in [-0.15, -0.1) is 0 Å². The molecular formula is C23H22ClN3. The first-order valence-corrected chi connectivity index (χ1v) is 9.57. The van der Waals surface area contributed by atoms with Crippen molar-refractivity contribution < 1.29 is 0 Å². The third-order valence-electron chi connectivity index (χ3n) is 5.08. The second kappa shape index (κ2) is 7.53. The number of aryl methyl sites for hydroxylation is 4. The second-order valence-corrected chi connectivity index (χ2v) is 7.46. The molecule has 4 heteroatoms. The quantitative estimate of drug-likeness (QED) is 0.458. The van der Waals surface area contributed by atoms with Gasteiger partial charge in [-0.1, -0.05) is 23.7 Å². The van der Waals surface area contributed by atoms with E-state index in [1.807, 2.05) is 24.5 Å². The molecule has 0 spiro atoms. The van der Waals surface area contributed by atoms with Crippen LogP contribution in [0, 0.1) is 13.8 Å². The number of imidazole rings is 1. The molecule has 2 aromatic heterocycles. The van der Waals surface area contributed by atoms with Gasteiger partial charge in [0.25, 0.3) is 0 Å². The SMILES string of the molecule is Cc1cc2nc(CCc3ccncc3)n(Cc3ccc(Cl)cc3)c2cc1C. The molecule has 0 aliphatic carbocycles. The van der Waals surface area contributed by atoms with Gasteiger partial charge in [0, 0.05) is 30.4 Å². The van der Waals surface area contributed by atoms with Crippen molar-refractivity contribution in [2.45, 2.75) is 33.2 Å². The maximum atomic E-state index is 6.05. The lowest BCUT2D eigenvalue weighted by Crippen LogP contribution is -2.07. The van der Waals surface area contributed by atoms with Crippen LogP contribution in [0.5, 0.6) is 0 Å². The average molecular weight is 376 g/mol. The zero-order valence-corrected chi connectivity index (χ0v) is 16.4. The maximum absolute atomic E-state index is 6.05. The highest BCUT2D eigenvalue weighted by Crippen LogP contribution is 2.23. The predicted molar refractivity (Wildman–Crippen MR) is 111 cm³/mol. The molecule has 27 heavy (non-hydrogen) atoms. The van der Waals surface area contributed by atoms with E-state index in [9.17, 15) is 0 Å². The average Bonchev–Trinajstić information content (AvgIpc) is 2.99. The van der Waals surface area contributed by atoms with Crippen LogP contribution in [0.3, 0.4) is 0 Å². The minimum atomic E-state index is 0.763. The first-order chi connectivity index (χ1) is 13.1. The summed E-state index contributed by atoms with van der Waals surface area (Å²) >= 11 is 6.05. The molecule has 4 rings (SSSR count). The molecule has 136 valence electrons. The van der Waals surface area contributed by atoms with Gasteiger partial charge in [-0.3, -0.25) is 4.98 Å². The first kappa shape index (κ1) is 17.7. The molecule has 0 bridgehead atoms. The Balaban J connectivity index is 1.72. The van der Waals surface area contributed by atoms with Crippen LogP contribution < -0.4 is 0 Å². The number of pyridine rings is 1. The van der Waals surface area contributed by atoms with Crippen molar-refractivity contribution in [2.75, 3.05) is 0 Å². The summed E-state index contributed by atoms with van der Waals surface area (Å²) in [6, 6.07) is 16.7. The zero-order valence-electron chi connectivity index (χ0n) is 15.6. The highest BCUT2D eigenvalue weighted by molar-refractivity contribution is 6.30. The van der Waals surface area contributed by atoms with Gasteiger partial charge in [0.15, 0.2) is 0 Å². The largest absolute Gasteiger partial charge is 0.323 e. The summed E-state index contributed by atoms with van der Waals surface area (Å²) in [6.45, 7) is 5.09. The Kier molecular flexibility index (Phi) is 4.95. The van der Waals surface area contributed by atoms with E-state index in [1.54, 1.807) is 0 Å². The highest BCUT2D eigenvalue weighted by atomic mass is 35.5. The van der Waals surface area contributed by atoms with Crippen molar-refractivity contribution in [3.05, 3.63) is 94.0 Å². The fraction of sp³-hybridized carbons (Fsp3) is 0.217. The summed E-state index contributed by atoms with van der Waals surface area (Å²) in [5.41, 5.74) is 7.33. The summed E-state index contributed by atoms with van der Waals surface area (Å²) in [5, 5.41) is 0.763. The molecular weight excluding hydrogens is 354 g/mol. The van der Waals surface area contributed by atoms with Gasteiger partial charge in [0.2, 0.25) is 0 Å². The molecule has 0 N–H and O–H groups in total. The van der Waals surface area contributed by atoms with Crippen LogP contribution in [-0.2, 0) is 19.4 Å². The Morgan fingerprint density at radius 3 is 2.30 bits per heavy atom. The lowest BCUT2D eigenvalue weighted by molar-refractivity contribution is 0.729. The molecule has 4 aromatic rings. The molecule has 0 atom stereocenters. The molecule has 0 fully saturated rings. The van der Waals surface area contributed by atoms with Crippen molar-refractivity contribution in [2.24, 2.45) is 0 Å². The van der Waals surface area contributed by atoms with Crippen molar-refractivity contribution in [3.8, 4) is 0 Å². The summed E-state index contributed by atoms with van der Waals surface area (Å²) < 4.78 is 2.34. The third kappa shape index (κ3) is 3.88. The Hall–Kier alpha value is -2.65. The highest BCUT2D eigenvalue weighted by Gasteiger charge is 2.13. The van der Waals surface area contributed by atoms with Crippen LogP contribution >= 0.6 is 11.6 Å². The van der Waals surface area contributed by atoms with Gasteiger partial charge in [-0.05, 0) is 78.9 Å². The Labute approximate surface area is 164 Å². The van der Waals surface area contributed by atoms with Crippen LogP contribution in [0.4, 0.5) is 0 Å². The van der Waals surface area contributed by atoms with E-state index < -0.39 is 0 Å². The molecule has 2 heterocycles. The van der Waals surface area contributed by atoms with Crippen LogP contribution in [0.15, 0.2) is 60.9 Å². The fourth-order valence-electron chi connectivity index (χ4n) is 3.38. The van der Waals surface area contributed by atoms with Gasteiger partial charge in [0.05, 0.1) is 11.0 Å². The number of halogens is 1. The third-order valence-corrected chi connectivity index (χ3v) is 5.34. The monoisotopic (exact) mass is 375 g/mol. The number of rotatable bonds is 5. The first-order valence-electron chi connectivity index (χ1n) is 9.20. The second-order valence-electron chi connectivity index (χ2n) is 7.02. The van der Waals surface area contributed by atoms with E-state index in [-0.39, 0.29) is 0 Å². The molecule has 0 aliphatic rings. The van der Waals surface area contributed by atoms with Gasteiger partial charge in [0.1, 0.15) is 5.82 Å². The number of hydrogen-bond donors (Lipinski definition) is 0. The number of hydrogen-bond acceptors (Lipinski definition) is 2. The Morgan fingerprint density at radius 1 is 0.852 bits per heavy atom. The molecule has 0 aliphatic heterocycles. The summed E-state index contributed by atoms with van der Waals surface area (Å²) in [6.07, 6.45) is 5.53. The summed E-state index contributed by atoms with van der Waals surface area (Å²) in [4.78, 5) is 9.07. The minimum absolute atomic E-state index is 0.763. The van der Waals surface area contributed by atoms with Crippen LogP contribution in [0.25, 0.3) is 11.0 Å². The lowest BCUT2D eigenvalue weighted by Gasteiger charge is -2.11. The molecule has 0 unspecified atom stereocenters. The van der Waals surface area contributed by atoms with Gasteiger partial charge < -0.3 is 4.57 Å². The number of nitrogens with zero attached hydrogens (tertiary/aromatic N) is 3. The van der Waals surface area contributed by atoms with E-state index in [0.29, 0.717) is 0 Å². The molecule has 0 saturated carbocycles. The molecule has 0 amide bonds. The minimum Gasteiger partial charge on any atom is -0.323 e. The van der Waals surface area contributed by atoms with Gasteiger partial charge >= 0.3 is 0 Å². The summed E-state index contributed by atoms with van der Waals surface area (Å²) in [7, 11) is 0. The van der Waals surface area contributed by atoms with Crippen LogP contribution in [0.1, 0.15) is 28.1 Å². The molecule has 2 aromatic carbocycles. The maximum Gasteiger partial charge on any atom is 0.110 e. The van der Waals surface area contributed by atoms with Crippen LogP contribution in [0.2, 0.25) is 5.02 Å². The zero-order chi connectivity index (χ0) is 18.8. The predicted octanol–water partition coefficient (Wildman–Crippen LogP) is 5.54. The van der Waals surface area contributed by atoms with Crippen molar-refractivity contribution in [3.63, 3.8) is 0 Å². The Bertz CT molecular complexity index is 1070.